The molecule has 7 heteroatoms. The molecule has 0 radical (unpaired) electrons. The van der Waals surface area contributed by atoms with E-state index in [9.17, 15) is 13.6 Å². The van der Waals surface area contributed by atoms with Crippen LogP contribution in [0, 0.1) is 18.7 Å². The van der Waals surface area contributed by atoms with Crippen LogP contribution in [0.15, 0.2) is 64.6 Å². The predicted molar refractivity (Wildman–Crippen MR) is 107 cm³/mol. The van der Waals surface area contributed by atoms with Crippen LogP contribution < -0.4 is 10.9 Å². The highest BCUT2D eigenvalue weighted by Gasteiger charge is 2.45. The van der Waals surface area contributed by atoms with Crippen LogP contribution in [0.25, 0.3) is 0 Å². The molecule has 0 unspecified atom stereocenters. The summed E-state index contributed by atoms with van der Waals surface area (Å²) in [4.78, 5) is 20.8. The average molecular weight is 394 g/mol. The zero-order valence-corrected chi connectivity index (χ0v) is 16.3. The van der Waals surface area contributed by atoms with Gasteiger partial charge in [0.25, 0.3) is 5.56 Å². The number of pyridine rings is 2. The quantitative estimate of drug-likeness (QED) is 0.695. The highest BCUT2D eigenvalue weighted by Crippen LogP contribution is 2.40. The third kappa shape index (κ3) is 3.12. The van der Waals surface area contributed by atoms with E-state index in [1.165, 1.54) is 29.0 Å². The predicted octanol–water partition coefficient (Wildman–Crippen LogP) is 3.05. The summed E-state index contributed by atoms with van der Waals surface area (Å²) < 4.78 is 28.6. The first-order chi connectivity index (χ1) is 13.8. The molecule has 3 heterocycles. The van der Waals surface area contributed by atoms with E-state index >= 15 is 0 Å². The van der Waals surface area contributed by atoms with Gasteiger partial charge in [-0.1, -0.05) is 18.2 Å². The van der Waals surface area contributed by atoms with E-state index in [1.807, 2.05) is 6.92 Å². The van der Waals surface area contributed by atoms with Gasteiger partial charge in [-0.25, -0.2) is 14.4 Å². The van der Waals surface area contributed by atoms with Crippen molar-refractivity contribution >= 4 is 5.84 Å². The Kier molecular flexibility index (Phi) is 4.53. The number of hydrogen-bond donors (Lipinski definition) is 1. The number of aromatic nitrogens is 2. The molecule has 3 aromatic rings. The molecule has 2 aromatic heterocycles. The van der Waals surface area contributed by atoms with Crippen molar-refractivity contribution in [1.82, 2.24) is 14.9 Å². The number of rotatable bonds is 3. The Morgan fingerprint density at radius 1 is 1.10 bits per heavy atom. The van der Waals surface area contributed by atoms with Gasteiger partial charge in [-0.2, -0.15) is 4.39 Å². The third-order valence-corrected chi connectivity index (χ3v) is 5.36. The van der Waals surface area contributed by atoms with Gasteiger partial charge in [0.1, 0.15) is 17.2 Å². The van der Waals surface area contributed by atoms with E-state index in [1.54, 1.807) is 44.4 Å². The topological polar surface area (TPSA) is 59.3 Å². The minimum absolute atomic E-state index is 0.0760. The summed E-state index contributed by atoms with van der Waals surface area (Å²) in [6, 6.07) is 10.6. The van der Waals surface area contributed by atoms with Crippen molar-refractivity contribution in [2.75, 3.05) is 0 Å². The van der Waals surface area contributed by atoms with Gasteiger partial charge in [0.2, 0.25) is 5.95 Å². The summed E-state index contributed by atoms with van der Waals surface area (Å²) in [5, 5.41) is 3.38. The molecule has 1 N–H and O–H groups in total. The molecule has 1 aromatic carbocycles. The van der Waals surface area contributed by atoms with Crippen LogP contribution in [0.1, 0.15) is 29.2 Å². The minimum atomic E-state index is -0.924. The lowest BCUT2D eigenvalue weighted by molar-refractivity contribution is 0.449. The van der Waals surface area contributed by atoms with Crippen LogP contribution in [0.3, 0.4) is 0 Å². The molecule has 1 aliphatic rings. The molecule has 0 spiro atoms. The molecule has 0 amide bonds. The van der Waals surface area contributed by atoms with E-state index in [0.29, 0.717) is 17.0 Å². The second kappa shape index (κ2) is 6.92. The molecule has 5 nitrogen and oxygen atoms in total. The smallest absolute Gasteiger partial charge is 0.253 e. The lowest BCUT2D eigenvalue weighted by Gasteiger charge is -2.31. The number of aryl methyl sites for hydroxylation is 2. The molecule has 2 atom stereocenters. The van der Waals surface area contributed by atoms with Crippen LogP contribution in [0.5, 0.6) is 0 Å². The third-order valence-electron chi connectivity index (χ3n) is 5.36. The first-order valence-corrected chi connectivity index (χ1v) is 9.23. The Bertz CT molecular complexity index is 1080. The number of aliphatic imine (C=N–C) groups is 1. The highest BCUT2D eigenvalue weighted by molar-refractivity contribution is 6.01. The summed E-state index contributed by atoms with van der Waals surface area (Å²) in [6.07, 6.45) is 3.17. The molecule has 1 aliphatic heterocycles. The second-order valence-corrected chi connectivity index (χ2v) is 7.30. The van der Waals surface area contributed by atoms with Gasteiger partial charge in [-0.15, -0.1) is 0 Å². The van der Waals surface area contributed by atoms with Crippen molar-refractivity contribution in [3.63, 3.8) is 0 Å². The molecular formula is C22H20F2N4O. The van der Waals surface area contributed by atoms with E-state index in [0.717, 1.165) is 11.1 Å². The van der Waals surface area contributed by atoms with Crippen LogP contribution in [0.4, 0.5) is 8.78 Å². The fourth-order valence-corrected chi connectivity index (χ4v) is 3.87. The first-order valence-electron chi connectivity index (χ1n) is 9.23. The van der Waals surface area contributed by atoms with E-state index < -0.39 is 11.5 Å². The Labute approximate surface area is 166 Å². The average Bonchev–Trinajstić information content (AvgIpc) is 3.05. The Morgan fingerprint density at radius 3 is 2.41 bits per heavy atom. The molecule has 0 bridgehead atoms. The number of amidine groups is 1. The van der Waals surface area contributed by atoms with Gasteiger partial charge in [0.15, 0.2) is 0 Å². The van der Waals surface area contributed by atoms with Crippen molar-refractivity contribution in [2.45, 2.75) is 25.4 Å². The lowest BCUT2D eigenvalue weighted by atomic mass is 9.79. The molecule has 0 saturated heterocycles. The summed E-state index contributed by atoms with van der Waals surface area (Å²) >= 11 is 0. The van der Waals surface area contributed by atoms with Gasteiger partial charge < -0.3 is 9.88 Å². The Balaban J connectivity index is 1.94. The van der Waals surface area contributed by atoms with Gasteiger partial charge in [0.05, 0.1) is 6.04 Å². The fraction of sp³-hybridized carbons (Fsp3) is 0.227. The molecule has 4 rings (SSSR count). The number of hydrogen-bond acceptors (Lipinski definition) is 4. The number of nitrogens with zero attached hydrogens (tertiary/aromatic N) is 3. The van der Waals surface area contributed by atoms with Gasteiger partial charge in [-0.3, -0.25) is 4.79 Å². The zero-order chi connectivity index (χ0) is 20.8. The number of halogens is 2. The first kappa shape index (κ1) is 19.0. The van der Waals surface area contributed by atoms with Crippen LogP contribution in [-0.4, -0.2) is 21.4 Å². The van der Waals surface area contributed by atoms with E-state index in [2.05, 4.69) is 10.3 Å². The normalized spacial score (nSPS) is 21.0. The number of nitrogens with one attached hydrogen (secondary N) is 1. The van der Waals surface area contributed by atoms with Crippen molar-refractivity contribution in [2.24, 2.45) is 12.0 Å². The van der Waals surface area contributed by atoms with E-state index in [-0.39, 0.29) is 17.4 Å². The maximum absolute atomic E-state index is 13.6. The van der Waals surface area contributed by atoms with Crippen molar-refractivity contribution in [3.05, 3.63) is 99.2 Å². The monoisotopic (exact) mass is 394 g/mol. The number of benzene rings is 1. The maximum Gasteiger partial charge on any atom is 0.253 e. The largest absolute Gasteiger partial charge is 0.364 e. The molecule has 0 aliphatic carbocycles. The maximum atomic E-state index is 13.6. The summed E-state index contributed by atoms with van der Waals surface area (Å²) in [5.74, 6) is -0.331. The fourth-order valence-electron chi connectivity index (χ4n) is 3.87. The van der Waals surface area contributed by atoms with Crippen molar-refractivity contribution < 1.29 is 8.78 Å². The van der Waals surface area contributed by atoms with Crippen LogP contribution >= 0.6 is 0 Å². The molecule has 148 valence electrons. The van der Waals surface area contributed by atoms with Crippen LogP contribution in [0.2, 0.25) is 0 Å². The standard InChI is InChI=1S/C22H20F2N4O/c1-13-10-15(12-28(3)21(13)29)20-26-14(2)22(27-20,16-4-7-18(23)8-5-16)17-6-9-19(24)25-11-17/h4-12,14H,1-3H3,(H,26,27)/t14-,22-/m0/s1. The van der Waals surface area contributed by atoms with Crippen molar-refractivity contribution in [3.8, 4) is 0 Å². The molecule has 0 fully saturated rings. The molecule has 0 saturated carbocycles. The van der Waals surface area contributed by atoms with Crippen LogP contribution in [-0.2, 0) is 12.6 Å². The second-order valence-electron chi connectivity index (χ2n) is 7.30. The van der Waals surface area contributed by atoms with Gasteiger partial charge in [-0.05, 0) is 43.7 Å². The van der Waals surface area contributed by atoms with Crippen molar-refractivity contribution in [1.29, 1.82) is 0 Å². The van der Waals surface area contributed by atoms with Gasteiger partial charge >= 0.3 is 0 Å². The van der Waals surface area contributed by atoms with Gasteiger partial charge in [0, 0.05) is 36.1 Å². The summed E-state index contributed by atoms with van der Waals surface area (Å²) in [7, 11) is 1.69. The summed E-state index contributed by atoms with van der Waals surface area (Å²) in [5.41, 5.74) is 1.80. The Morgan fingerprint density at radius 2 is 1.79 bits per heavy atom. The minimum Gasteiger partial charge on any atom is -0.364 e. The lowest BCUT2D eigenvalue weighted by Crippen LogP contribution is -2.41. The molecular weight excluding hydrogens is 374 g/mol. The Hall–Kier alpha value is -3.35. The zero-order valence-electron chi connectivity index (χ0n) is 16.3. The SMILES string of the molecule is Cc1cc(C2=N[C@@](c3ccc(F)cc3)(c3ccc(F)nc3)[C@H](C)N2)cn(C)c1=O. The highest BCUT2D eigenvalue weighted by atomic mass is 19.1. The van der Waals surface area contributed by atoms with E-state index in [4.69, 9.17) is 4.99 Å². The summed E-state index contributed by atoms with van der Waals surface area (Å²) in [6.45, 7) is 3.71. The molecule has 29 heavy (non-hydrogen) atoms.